The Balaban J connectivity index is 1.95. The molecule has 2 aromatic carbocycles. The molecule has 1 aliphatic carbocycles. The highest BCUT2D eigenvalue weighted by Gasteiger charge is 2.32. The zero-order valence-electron chi connectivity index (χ0n) is 21.1. The molecule has 0 bridgehead atoms. The summed E-state index contributed by atoms with van der Waals surface area (Å²) in [5.41, 5.74) is 2.62. The molecule has 7 nitrogen and oxygen atoms in total. The smallest absolute Gasteiger partial charge is 0.244 e. The lowest BCUT2D eigenvalue weighted by Gasteiger charge is -2.32. The lowest BCUT2D eigenvalue weighted by Crippen LogP contribution is -2.52. The van der Waals surface area contributed by atoms with Crippen LogP contribution in [0.25, 0.3) is 0 Å². The monoisotopic (exact) mass is 553 g/mol. The van der Waals surface area contributed by atoms with Crippen LogP contribution < -0.4 is 9.62 Å². The molecular formula is C26H33Cl2N3O4S. The number of amides is 2. The number of aryl methyl sites for hydroxylation is 2. The predicted molar refractivity (Wildman–Crippen MR) is 145 cm³/mol. The molecule has 10 heteroatoms. The first-order valence-electron chi connectivity index (χ1n) is 12.0. The van der Waals surface area contributed by atoms with E-state index in [1.165, 1.54) is 4.90 Å². The second-order valence-electron chi connectivity index (χ2n) is 9.50. The van der Waals surface area contributed by atoms with Gasteiger partial charge in [0.05, 0.1) is 11.9 Å². The Morgan fingerprint density at radius 3 is 2.14 bits per heavy atom. The van der Waals surface area contributed by atoms with Crippen LogP contribution in [-0.2, 0) is 26.2 Å². The second kappa shape index (κ2) is 11.8. The Bertz CT molecular complexity index is 1190. The summed E-state index contributed by atoms with van der Waals surface area (Å²) in [6.07, 6.45) is 4.96. The topological polar surface area (TPSA) is 86.8 Å². The average Bonchev–Trinajstić information content (AvgIpc) is 3.28. The van der Waals surface area contributed by atoms with Crippen molar-refractivity contribution in [3.8, 4) is 0 Å². The van der Waals surface area contributed by atoms with Crippen LogP contribution in [0, 0.1) is 13.8 Å². The van der Waals surface area contributed by atoms with Crippen molar-refractivity contribution in [1.29, 1.82) is 0 Å². The fourth-order valence-electron chi connectivity index (χ4n) is 4.54. The minimum Gasteiger partial charge on any atom is -0.352 e. The van der Waals surface area contributed by atoms with Crippen molar-refractivity contribution in [3.63, 3.8) is 0 Å². The second-order valence-corrected chi connectivity index (χ2v) is 12.2. The Kier molecular flexibility index (Phi) is 9.30. The van der Waals surface area contributed by atoms with Crippen molar-refractivity contribution in [2.24, 2.45) is 0 Å². The van der Waals surface area contributed by atoms with E-state index in [0.29, 0.717) is 21.3 Å². The number of carbonyl (C=O) groups excluding carboxylic acids is 2. The number of sulfonamides is 1. The van der Waals surface area contributed by atoms with Gasteiger partial charge in [0.1, 0.15) is 12.6 Å². The first-order chi connectivity index (χ1) is 16.9. The highest BCUT2D eigenvalue weighted by Crippen LogP contribution is 2.28. The average molecular weight is 555 g/mol. The van der Waals surface area contributed by atoms with E-state index in [-0.39, 0.29) is 18.5 Å². The molecule has 0 unspecified atom stereocenters. The zero-order valence-corrected chi connectivity index (χ0v) is 23.4. The molecule has 2 aromatic rings. The molecule has 1 atom stereocenters. The zero-order chi connectivity index (χ0) is 26.6. The van der Waals surface area contributed by atoms with Crippen LogP contribution in [0.5, 0.6) is 0 Å². The van der Waals surface area contributed by atoms with E-state index in [4.69, 9.17) is 23.2 Å². The van der Waals surface area contributed by atoms with Crippen molar-refractivity contribution < 1.29 is 18.0 Å². The van der Waals surface area contributed by atoms with Gasteiger partial charge in [-0.25, -0.2) is 8.42 Å². The van der Waals surface area contributed by atoms with E-state index in [9.17, 15) is 18.0 Å². The number of hydrogen-bond donors (Lipinski definition) is 1. The van der Waals surface area contributed by atoms with Crippen LogP contribution in [0.2, 0.25) is 10.0 Å². The number of nitrogens with one attached hydrogen (secondary N) is 1. The summed E-state index contributed by atoms with van der Waals surface area (Å²) >= 11 is 12.8. The van der Waals surface area contributed by atoms with E-state index in [1.807, 2.05) is 19.9 Å². The molecule has 0 heterocycles. The van der Waals surface area contributed by atoms with Gasteiger partial charge in [-0.05, 0) is 69.0 Å². The standard InChI is InChI=1S/C26H33Cl2N3O4S/c1-17-12-18(2)14-21(13-17)31(36(4,34)35)16-25(32)30(15-22-23(27)10-7-11-24(22)28)19(3)26(33)29-20-8-5-6-9-20/h7,10-14,19-20H,5-6,8-9,15-16H2,1-4H3,(H,29,33)/t19-/m1/s1. The van der Waals surface area contributed by atoms with E-state index >= 15 is 0 Å². The maximum Gasteiger partial charge on any atom is 0.244 e. The van der Waals surface area contributed by atoms with Crippen molar-refractivity contribution in [2.75, 3.05) is 17.1 Å². The molecular weight excluding hydrogens is 521 g/mol. The number of nitrogens with zero attached hydrogens (tertiary/aromatic N) is 2. The van der Waals surface area contributed by atoms with Gasteiger partial charge < -0.3 is 10.2 Å². The number of rotatable bonds is 9. The third-order valence-electron chi connectivity index (χ3n) is 6.43. The van der Waals surface area contributed by atoms with Crippen molar-refractivity contribution in [3.05, 3.63) is 63.1 Å². The summed E-state index contributed by atoms with van der Waals surface area (Å²) in [5.74, 6) is -0.833. The summed E-state index contributed by atoms with van der Waals surface area (Å²) in [7, 11) is -3.80. The Labute approximate surface area is 223 Å². The van der Waals surface area contributed by atoms with E-state index in [2.05, 4.69) is 5.32 Å². The summed E-state index contributed by atoms with van der Waals surface area (Å²) in [5, 5.41) is 3.75. The van der Waals surface area contributed by atoms with Crippen LogP contribution in [0.1, 0.15) is 49.3 Å². The highest BCUT2D eigenvalue weighted by molar-refractivity contribution is 7.92. The third-order valence-corrected chi connectivity index (χ3v) is 8.28. The van der Waals surface area contributed by atoms with Gasteiger partial charge in [0.25, 0.3) is 0 Å². The maximum atomic E-state index is 13.7. The van der Waals surface area contributed by atoms with Gasteiger partial charge in [0.15, 0.2) is 0 Å². The highest BCUT2D eigenvalue weighted by atomic mass is 35.5. The normalized spacial score (nSPS) is 14.9. The lowest BCUT2D eigenvalue weighted by atomic mass is 10.1. The molecule has 1 aliphatic rings. The van der Waals surface area contributed by atoms with Gasteiger partial charge >= 0.3 is 0 Å². The molecule has 0 aromatic heterocycles. The van der Waals surface area contributed by atoms with Crippen LogP contribution in [-0.4, -0.2) is 50.0 Å². The number of anilines is 1. The summed E-state index contributed by atoms with van der Waals surface area (Å²) in [4.78, 5) is 28.2. The lowest BCUT2D eigenvalue weighted by molar-refractivity contribution is -0.139. The molecule has 3 rings (SSSR count). The Morgan fingerprint density at radius 1 is 1.06 bits per heavy atom. The summed E-state index contributed by atoms with van der Waals surface area (Å²) in [6.45, 7) is 4.85. The SMILES string of the molecule is Cc1cc(C)cc(N(CC(=O)N(Cc2c(Cl)cccc2Cl)[C@H](C)C(=O)NC2CCCC2)S(C)(=O)=O)c1. The molecule has 1 N–H and O–H groups in total. The minimum absolute atomic E-state index is 0.0406. The van der Waals surface area contributed by atoms with E-state index in [1.54, 1.807) is 37.3 Å². The van der Waals surface area contributed by atoms with Gasteiger partial charge in [0.2, 0.25) is 21.8 Å². The van der Waals surface area contributed by atoms with Crippen LogP contribution >= 0.6 is 23.2 Å². The van der Waals surface area contributed by atoms with Crippen molar-refractivity contribution >= 4 is 50.7 Å². The fraction of sp³-hybridized carbons (Fsp3) is 0.462. The molecule has 1 saturated carbocycles. The minimum atomic E-state index is -3.80. The first kappa shape index (κ1) is 28.3. The van der Waals surface area contributed by atoms with Gasteiger partial charge in [-0.3, -0.25) is 13.9 Å². The molecule has 0 spiro atoms. The van der Waals surface area contributed by atoms with Gasteiger partial charge in [-0.1, -0.05) is 48.2 Å². The number of carbonyl (C=O) groups is 2. The third kappa shape index (κ3) is 7.14. The van der Waals surface area contributed by atoms with E-state index < -0.39 is 28.5 Å². The number of hydrogen-bond acceptors (Lipinski definition) is 4. The number of halogens is 2. The molecule has 36 heavy (non-hydrogen) atoms. The van der Waals surface area contributed by atoms with Crippen molar-refractivity contribution in [1.82, 2.24) is 10.2 Å². The molecule has 196 valence electrons. The summed E-state index contributed by atoms with van der Waals surface area (Å²) in [6, 6.07) is 9.57. The largest absolute Gasteiger partial charge is 0.352 e. The quantitative estimate of drug-likeness (QED) is 0.480. The van der Waals surface area contributed by atoms with Gasteiger partial charge in [-0.2, -0.15) is 0 Å². The number of benzene rings is 2. The van der Waals surface area contributed by atoms with Gasteiger partial charge in [-0.15, -0.1) is 0 Å². The molecule has 0 saturated heterocycles. The summed E-state index contributed by atoms with van der Waals surface area (Å²) < 4.78 is 26.6. The van der Waals surface area contributed by atoms with Crippen LogP contribution in [0.4, 0.5) is 5.69 Å². The first-order valence-corrected chi connectivity index (χ1v) is 14.6. The maximum absolute atomic E-state index is 13.7. The molecule has 1 fully saturated rings. The predicted octanol–water partition coefficient (Wildman–Crippen LogP) is 4.85. The molecule has 0 aliphatic heterocycles. The Morgan fingerprint density at radius 2 is 1.61 bits per heavy atom. The fourth-order valence-corrected chi connectivity index (χ4v) is 5.89. The molecule has 0 radical (unpaired) electrons. The van der Waals surface area contributed by atoms with E-state index in [0.717, 1.165) is 47.4 Å². The van der Waals surface area contributed by atoms with Gasteiger partial charge in [0, 0.05) is 28.2 Å². The Hall–Kier alpha value is -2.29. The van der Waals surface area contributed by atoms with Crippen LogP contribution in [0.3, 0.4) is 0 Å². The van der Waals surface area contributed by atoms with Crippen LogP contribution in [0.15, 0.2) is 36.4 Å². The molecule has 2 amide bonds. The van der Waals surface area contributed by atoms with Crippen molar-refractivity contribution in [2.45, 2.75) is 65.1 Å².